The molecule has 1 aliphatic heterocycles. The summed E-state index contributed by atoms with van der Waals surface area (Å²) in [7, 11) is 0. The van der Waals surface area contributed by atoms with Crippen molar-refractivity contribution in [1.29, 1.82) is 0 Å². The molecule has 3 heterocycles. The van der Waals surface area contributed by atoms with Crippen molar-refractivity contribution in [2.45, 2.75) is 0 Å². The fraction of sp³-hybridized carbons (Fsp3) is 0. The van der Waals surface area contributed by atoms with Crippen LogP contribution in [0.4, 0.5) is 11.4 Å². The molecule has 0 saturated heterocycles. The zero-order chi connectivity index (χ0) is 41.9. The van der Waals surface area contributed by atoms with Crippen LogP contribution in [-0.4, -0.2) is 4.57 Å². The second-order valence-corrected chi connectivity index (χ2v) is 16.0. The minimum absolute atomic E-state index is 0.835. The maximum absolute atomic E-state index is 6.68. The minimum Gasteiger partial charge on any atom is -0.456 e. The van der Waals surface area contributed by atoms with E-state index in [0.717, 1.165) is 66.9 Å². The Morgan fingerprint density at radius 2 is 0.794 bits per heavy atom. The highest BCUT2D eigenvalue weighted by Crippen LogP contribution is 2.49. The Bertz CT molecular complexity index is 3680. The first-order valence-corrected chi connectivity index (χ1v) is 21.5. The van der Waals surface area contributed by atoms with Gasteiger partial charge in [-0.2, -0.15) is 0 Å². The van der Waals surface area contributed by atoms with Crippen LogP contribution in [0.3, 0.4) is 0 Å². The third-order valence-corrected chi connectivity index (χ3v) is 12.6. The molecular formula is C60H40N2O. The SMILES string of the molecule is C=C/C=C\C=C1/c2ccccc2-c2ccccc2-c2ccccc2N1c1ccc2oc3ccc(-n4c5ccccc5c5ccccc5c5ccccc5c5ccccc54)cc3c2c1. The molecule has 1 aliphatic rings. The predicted molar refractivity (Wildman–Crippen MR) is 267 cm³/mol. The summed E-state index contributed by atoms with van der Waals surface area (Å²) in [5.41, 5.74) is 14.0. The number of para-hydroxylation sites is 3. The molecule has 11 aromatic rings. The molecule has 63 heavy (non-hydrogen) atoms. The Labute approximate surface area is 365 Å². The quantitative estimate of drug-likeness (QED) is 0.165. The zero-order valence-electron chi connectivity index (χ0n) is 34.4. The number of benzene rings is 9. The highest BCUT2D eigenvalue weighted by molar-refractivity contribution is 6.20. The molecule has 0 unspecified atom stereocenters. The van der Waals surface area contributed by atoms with Crippen molar-refractivity contribution in [3.05, 3.63) is 243 Å². The van der Waals surface area contributed by atoms with Crippen molar-refractivity contribution < 1.29 is 4.42 Å². The Morgan fingerprint density at radius 3 is 1.38 bits per heavy atom. The van der Waals surface area contributed by atoms with Gasteiger partial charge in [-0.25, -0.2) is 0 Å². The van der Waals surface area contributed by atoms with E-state index in [1.807, 2.05) is 12.2 Å². The molecule has 9 aromatic carbocycles. The second-order valence-electron chi connectivity index (χ2n) is 16.0. The molecule has 0 spiro atoms. The molecule has 0 amide bonds. The normalized spacial score (nSPS) is 13.1. The molecule has 3 nitrogen and oxygen atoms in total. The first-order valence-electron chi connectivity index (χ1n) is 21.5. The van der Waals surface area contributed by atoms with Crippen molar-refractivity contribution in [1.82, 2.24) is 4.57 Å². The van der Waals surface area contributed by atoms with Crippen LogP contribution in [0.2, 0.25) is 0 Å². The summed E-state index contributed by atoms with van der Waals surface area (Å²) >= 11 is 0. The van der Waals surface area contributed by atoms with Crippen LogP contribution in [0, 0.1) is 0 Å². The molecule has 3 heteroatoms. The number of hydrogen-bond acceptors (Lipinski definition) is 2. The van der Waals surface area contributed by atoms with Crippen LogP contribution in [0.1, 0.15) is 5.56 Å². The van der Waals surface area contributed by atoms with Gasteiger partial charge in [-0.05, 0) is 98.9 Å². The number of aromatic nitrogens is 1. The van der Waals surface area contributed by atoms with Crippen LogP contribution in [0.25, 0.3) is 98.9 Å². The molecular weight excluding hydrogens is 765 g/mol. The molecule has 2 aromatic heterocycles. The van der Waals surface area contributed by atoms with E-state index in [-0.39, 0.29) is 0 Å². The van der Waals surface area contributed by atoms with E-state index in [2.05, 4.69) is 234 Å². The number of rotatable bonds is 4. The molecule has 0 N–H and O–H groups in total. The number of nitrogens with zero attached hydrogens (tertiary/aromatic N) is 2. The standard InChI is InChI=1S/C60H40N2O/c1-2-3-4-30-55-49-26-12-11-25-48(49)44-21-7-10-24-47(44)52-29-15-18-33-58(52)61(55)40-34-36-59-53(38-40)54-39-41(35-37-60(54)63-59)62-56-31-16-13-27-50(56)45-22-8-5-19-42(45)43-20-6-9-23-46(43)51-28-14-17-32-57(51)62/h2-39H,1H2/b4-3-,55-30+. The van der Waals surface area contributed by atoms with Gasteiger partial charge in [0.25, 0.3) is 0 Å². The summed E-state index contributed by atoms with van der Waals surface area (Å²) in [4.78, 5) is 2.41. The third-order valence-electron chi connectivity index (χ3n) is 12.6. The van der Waals surface area contributed by atoms with Crippen LogP contribution in [-0.2, 0) is 0 Å². The third kappa shape index (κ3) is 5.89. The first kappa shape index (κ1) is 36.5. The smallest absolute Gasteiger partial charge is 0.135 e. The summed E-state index contributed by atoms with van der Waals surface area (Å²) in [6, 6.07) is 74.7. The minimum atomic E-state index is 0.835. The second kappa shape index (κ2) is 14.9. The average Bonchev–Trinajstić information content (AvgIpc) is 3.72. The van der Waals surface area contributed by atoms with Gasteiger partial charge in [-0.3, -0.25) is 0 Å². The van der Waals surface area contributed by atoms with E-state index in [1.165, 1.54) is 49.0 Å². The fourth-order valence-corrected chi connectivity index (χ4v) is 9.85. The van der Waals surface area contributed by atoms with Gasteiger partial charge in [-0.15, -0.1) is 0 Å². The van der Waals surface area contributed by atoms with Gasteiger partial charge in [-0.1, -0.05) is 176 Å². The van der Waals surface area contributed by atoms with Crippen molar-refractivity contribution >= 4 is 82.4 Å². The maximum atomic E-state index is 6.68. The lowest BCUT2D eigenvalue weighted by molar-refractivity contribution is 0.669. The van der Waals surface area contributed by atoms with E-state index < -0.39 is 0 Å². The van der Waals surface area contributed by atoms with Gasteiger partial charge >= 0.3 is 0 Å². The van der Waals surface area contributed by atoms with Gasteiger partial charge in [0.15, 0.2) is 0 Å². The first-order chi connectivity index (χ1) is 31.2. The number of allylic oxidation sites excluding steroid dienone is 4. The van der Waals surface area contributed by atoms with Crippen LogP contribution >= 0.6 is 0 Å². The Balaban J connectivity index is 1.16. The van der Waals surface area contributed by atoms with Crippen LogP contribution in [0.5, 0.6) is 0 Å². The number of fused-ring (bicyclic) bond motifs is 15. The lowest BCUT2D eigenvalue weighted by Gasteiger charge is -2.33. The highest BCUT2D eigenvalue weighted by atomic mass is 16.3. The van der Waals surface area contributed by atoms with Crippen molar-refractivity contribution in [2.24, 2.45) is 0 Å². The summed E-state index contributed by atoms with van der Waals surface area (Å²) in [6.07, 6.45) is 8.10. The van der Waals surface area contributed by atoms with Crippen molar-refractivity contribution in [2.75, 3.05) is 4.90 Å². The monoisotopic (exact) mass is 804 g/mol. The molecule has 0 radical (unpaired) electrons. The molecule has 12 rings (SSSR count). The van der Waals surface area contributed by atoms with E-state index >= 15 is 0 Å². The molecule has 296 valence electrons. The zero-order valence-corrected chi connectivity index (χ0v) is 34.4. The Morgan fingerprint density at radius 1 is 0.365 bits per heavy atom. The predicted octanol–water partition coefficient (Wildman–Crippen LogP) is 16.7. The van der Waals surface area contributed by atoms with Crippen LogP contribution in [0.15, 0.2) is 242 Å². The lowest BCUT2D eigenvalue weighted by Crippen LogP contribution is -2.18. The maximum Gasteiger partial charge on any atom is 0.135 e. The van der Waals surface area contributed by atoms with Gasteiger partial charge in [0.2, 0.25) is 0 Å². The van der Waals surface area contributed by atoms with Crippen molar-refractivity contribution in [3.63, 3.8) is 0 Å². The lowest BCUT2D eigenvalue weighted by atomic mass is 9.87. The summed E-state index contributed by atoms with van der Waals surface area (Å²) in [5.74, 6) is 0. The van der Waals surface area contributed by atoms with E-state index in [0.29, 0.717) is 0 Å². The molecule has 0 aliphatic carbocycles. The van der Waals surface area contributed by atoms with Gasteiger partial charge in [0.1, 0.15) is 11.2 Å². The number of anilines is 2. The Kier molecular flexibility index (Phi) is 8.65. The van der Waals surface area contributed by atoms with E-state index in [9.17, 15) is 0 Å². The van der Waals surface area contributed by atoms with Gasteiger partial charge in [0, 0.05) is 44.0 Å². The van der Waals surface area contributed by atoms with Crippen molar-refractivity contribution in [3.8, 4) is 27.9 Å². The largest absolute Gasteiger partial charge is 0.456 e. The Hall–Kier alpha value is -8.40. The average molecular weight is 805 g/mol. The molecule has 0 bridgehead atoms. The van der Waals surface area contributed by atoms with Gasteiger partial charge < -0.3 is 13.9 Å². The summed E-state index contributed by atoms with van der Waals surface area (Å²) < 4.78 is 9.11. The van der Waals surface area contributed by atoms with Gasteiger partial charge in [0.05, 0.1) is 22.4 Å². The molecule has 0 atom stereocenters. The van der Waals surface area contributed by atoms with E-state index in [1.54, 1.807) is 0 Å². The fourth-order valence-electron chi connectivity index (χ4n) is 9.85. The topological polar surface area (TPSA) is 21.3 Å². The summed E-state index contributed by atoms with van der Waals surface area (Å²) in [6.45, 7) is 3.98. The molecule has 0 saturated carbocycles. The number of furan rings is 1. The number of hydrogen-bond donors (Lipinski definition) is 0. The highest BCUT2D eigenvalue weighted by Gasteiger charge is 2.27. The molecule has 0 fully saturated rings. The summed E-state index contributed by atoms with van der Waals surface area (Å²) in [5, 5.41) is 9.24. The van der Waals surface area contributed by atoms with Crippen LogP contribution < -0.4 is 4.90 Å². The van der Waals surface area contributed by atoms with E-state index in [4.69, 9.17) is 4.42 Å².